The highest BCUT2D eigenvalue weighted by Gasteiger charge is 2.54. The second kappa shape index (κ2) is 9.50. The molecule has 0 spiro atoms. The molecule has 1 aromatic rings. The Morgan fingerprint density at radius 1 is 1.09 bits per heavy atom. The Morgan fingerprint density at radius 3 is 2.21 bits per heavy atom. The molecule has 3 rings (SSSR count). The maximum Gasteiger partial charge on any atom is 0.192 e. The van der Waals surface area contributed by atoms with Crippen LogP contribution in [0, 0.1) is 23.7 Å². The third-order valence-electron chi connectivity index (χ3n) is 9.18. The molecule has 0 bridgehead atoms. The number of rotatable bonds is 6. The number of methoxy groups -OCH3 is 2. The molecule has 0 N–H and O–H groups in total. The van der Waals surface area contributed by atoms with Crippen LogP contribution in [0.2, 0.25) is 18.1 Å². The molecule has 2 fully saturated rings. The highest BCUT2D eigenvalue weighted by molar-refractivity contribution is 6.74. The van der Waals surface area contributed by atoms with E-state index < -0.39 is 8.32 Å². The van der Waals surface area contributed by atoms with Crippen molar-refractivity contribution in [3.05, 3.63) is 41.0 Å². The van der Waals surface area contributed by atoms with E-state index in [0.717, 1.165) is 42.1 Å². The van der Waals surface area contributed by atoms with E-state index in [1.807, 2.05) is 0 Å². The predicted molar refractivity (Wildman–Crippen MR) is 147 cm³/mol. The summed E-state index contributed by atoms with van der Waals surface area (Å²) < 4.78 is 18.7. The van der Waals surface area contributed by atoms with Gasteiger partial charge in [-0.3, -0.25) is 0 Å². The number of benzene rings is 1. The van der Waals surface area contributed by atoms with Crippen LogP contribution in [0.1, 0.15) is 77.8 Å². The summed E-state index contributed by atoms with van der Waals surface area (Å²) in [5.41, 5.74) is 4.99. The van der Waals surface area contributed by atoms with Crippen LogP contribution in [0.5, 0.6) is 11.5 Å². The summed E-state index contributed by atoms with van der Waals surface area (Å²) in [5.74, 6) is 2.28. The summed E-state index contributed by atoms with van der Waals surface area (Å²) in [6, 6.07) is 4.20. The summed E-state index contributed by atoms with van der Waals surface area (Å²) in [7, 11) is 1.58. The summed E-state index contributed by atoms with van der Waals surface area (Å²) in [6.07, 6.45) is 8.21. The molecule has 0 aromatic heterocycles. The fourth-order valence-electron chi connectivity index (χ4n) is 6.13. The normalized spacial score (nSPS) is 26.4. The molecule has 0 aliphatic heterocycles. The van der Waals surface area contributed by atoms with Crippen molar-refractivity contribution in [3.8, 4) is 11.5 Å². The first-order valence-electron chi connectivity index (χ1n) is 13.0. The van der Waals surface area contributed by atoms with Crippen molar-refractivity contribution in [1.29, 1.82) is 0 Å². The van der Waals surface area contributed by atoms with Gasteiger partial charge in [-0.2, -0.15) is 0 Å². The van der Waals surface area contributed by atoms with E-state index in [0.29, 0.717) is 5.92 Å². The van der Waals surface area contributed by atoms with Gasteiger partial charge in [0.1, 0.15) is 11.5 Å². The quantitative estimate of drug-likeness (QED) is 0.378. The number of ether oxygens (including phenoxy) is 2. The molecule has 0 radical (unpaired) electrons. The van der Waals surface area contributed by atoms with E-state index in [-0.39, 0.29) is 15.9 Å². The minimum absolute atomic E-state index is 0.0342. The van der Waals surface area contributed by atoms with Crippen molar-refractivity contribution in [2.45, 2.75) is 91.8 Å². The second-order valence-corrected chi connectivity index (χ2v) is 17.7. The Balaban J connectivity index is 2.20. The molecular formula is C30H48O3Si. The summed E-state index contributed by atoms with van der Waals surface area (Å²) >= 11 is 0. The van der Waals surface area contributed by atoms with E-state index in [4.69, 9.17) is 13.9 Å². The van der Waals surface area contributed by atoms with Gasteiger partial charge in [-0.05, 0) is 91.4 Å². The predicted octanol–water partition coefficient (Wildman–Crippen LogP) is 8.58. The standard InChI is InChI=1S/C30H48O3Si/c1-21-17-25(31-8)23(26(18-21)32-9)19-24-22(2)13-14-27-29(6,7)15-12-16-30(24,27)20-33-34(10,11)28(3,4)5/h17-19,27H,2,12-16,20H2,1,3-11H3/t27-,30+/m0/s1. The van der Waals surface area contributed by atoms with Gasteiger partial charge in [0.15, 0.2) is 8.32 Å². The fourth-order valence-corrected chi connectivity index (χ4v) is 7.18. The Labute approximate surface area is 210 Å². The van der Waals surface area contributed by atoms with Crippen molar-refractivity contribution in [2.75, 3.05) is 20.8 Å². The van der Waals surface area contributed by atoms with E-state index >= 15 is 0 Å². The molecule has 4 heteroatoms. The summed E-state index contributed by atoms with van der Waals surface area (Å²) in [6.45, 7) is 24.1. The first-order chi connectivity index (χ1) is 15.7. The lowest BCUT2D eigenvalue weighted by Gasteiger charge is -2.57. The lowest BCUT2D eigenvalue weighted by atomic mass is 9.49. The topological polar surface area (TPSA) is 27.7 Å². The zero-order valence-electron chi connectivity index (χ0n) is 23.5. The summed E-state index contributed by atoms with van der Waals surface area (Å²) in [4.78, 5) is 0. The van der Waals surface area contributed by atoms with Gasteiger partial charge in [0, 0.05) is 12.0 Å². The van der Waals surface area contributed by atoms with Gasteiger partial charge in [-0.1, -0.05) is 53.2 Å². The first kappa shape index (κ1) is 27.1. The van der Waals surface area contributed by atoms with Crippen LogP contribution in [-0.2, 0) is 4.43 Å². The van der Waals surface area contributed by atoms with Crippen LogP contribution in [0.4, 0.5) is 0 Å². The Kier molecular flexibility index (Phi) is 7.56. The highest BCUT2D eigenvalue weighted by atomic mass is 28.4. The molecule has 0 saturated heterocycles. The number of hydrogen-bond donors (Lipinski definition) is 0. The maximum absolute atomic E-state index is 7.03. The number of aryl methyl sites for hydroxylation is 1. The molecule has 0 heterocycles. The third-order valence-corrected chi connectivity index (χ3v) is 13.7. The van der Waals surface area contributed by atoms with Crippen molar-refractivity contribution in [2.24, 2.45) is 16.7 Å². The zero-order chi connectivity index (χ0) is 25.5. The van der Waals surface area contributed by atoms with Crippen LogP contribution in [-0.4, -0.2) is 29.1 Å². The molecule has 0 amide bonds. The summed E-state index contributed by atoms with van der Waals surface area (Å²) in [5, 5.41) is 0.183. The van der Waals surface area contributed by atoms with Gasteiger partial charge in [0.05, 0.1) is 19.8 Å². The molecule has 2 atom stereocenters. The molecule has 1 aromatic carbocycles. The minimum atomic E-state index is -1.91. The average molecular weight is 485 g/mol. The van der Waals surface area contributed by atoms with Crippen LogP contribution in [0.25, 0.3) is 6.08 Å². The Hall–Kier alpha value is -1.52. The SMILES string of the molecule is C=C1CC[C@H]2C(C)(C)CCC[C@@]2(CO[Si](C)(C)C(C)(C)C)C1=Cc1c(OC)cc(C)cc1OC. The lowest BCUT2D eigenvalue weighted by Crippen LogP contribution is -2.53. The molecule has 190 valence electrons. The molecule has 3 nitrogen and oxygen atoms in total. The van der Waals surface area contributed by atoms with Gasteiger partial charge in [0.25, 0.3) is 0 Å². The molecule has 2 aliphatic carbocycles. The monoisotopic (exact) mass is 484 g/mol. The van der Waals surface area contributed by atoms with E-state index in [9.17, 15) is 0 Å². The van der Waals surface area contributed by atoms with E-state index in [2.05, 4.69) is 79.4 Å². The van der Waals surface area contributed by atoms with Crippen LogP contribution in [0.15, 0.2) is 29.9 Å². The molecule has 2 aliphatic rings. The Morgan fingerprint density at radius 2 is 1.68 bits per heavy atom. The first-order valence-corrected chi connectivity index (χ1v) is 15.9. The van der Waals surface area contributed by atoms with Crippen LogP contribution < -0.4 is 9.47 Å². The maximum atomic E-state index is 7.03. The average Bonchev–Trinajstić information content (AvgIpc) is 2.73. The molecular weight excluding hydrogens is 436 g/mol. The van der Waals surface area contributed by atoms with E-state index in [1.54, 1.807) is 14.2 Å². The zero-order valence-corrected chi connectivity index (χ0v) is 24.5. The van der Waals surface area contributed by atoms with Gasteiger partial charge in [-0.25, -0.2) is 0 Å². The minimum Gasteiger partial charge on any atom is -0.496 e. The number of allylic oxidation sites excluding steroid dienone is 1. The van der Waals surface area contributed by atoms with Crippen molar-refractivity contribution >= 4 is 14.4 Å². The number of hydrogen-bond acceptors (Lipinski definition) is 3. The Bertz CT molecular complexity index is 925. The molecule has 2 saturated carbocycles. The largest absolute Gasteiger partial charge is 0.496 e. The van der Waals surface area contributed by atoms with Crippen molar-refractivity contribution < 1.29 is 13.9 Å². The fraction of sp³-hybridized carbons (Fsp3) is 0.667. The third kappa shape index (κ3) is 4.90. The van der Waals surface area contributed by atoms with E-state index in [1.165, 1.54) is 30.4 Å². The number of fused-ring (bicyclic) bond motifs is 1. The lowest BCUT2D eigenvalue weighted by molar-refractivity contribution is -0.0302. The molecule has 34 heavy (non-hydrogen) atoms. The highest BCUT2D eigenvalue weighted by Crippen LogP contribution is 2.62. The van der Waals surface area contributed by atoms with Crippen LogP contribution >= 0.6 is 0 Å². The van der Waals surface area contributed by atoms with Crippen molar-refractivity contribution in [3.63, 3.8) is 0 Å². The second-order valence-electron chi connectivity index (χ2n) is 12.9. The van der Waals surface area contributed by atoms with Gasteiger partial charge in [0.2, 0.25) is 0 Å². The molecule has 0 unspecified atom stereocenters. The van der Waals surface area contributed by atoms with Crippen LogP contribution in [0.3, 0.4) is 0 Å². The van der Waals surface area contributed by atoms with Gasteiger partial charge >= 0.3 is 0 Å². The van der Waals surface area contributed by atoms with Gasteiger partial charge in [-0.15, -0.1) is 0 Å². The van der Waals surface area contributed by atoms with Gasteiger partial charge < -0.3 is 13.9 Å². The smallest absolute Gasteiger partial charge is 0.192 e. The van der Waals surface area contributed by atoms with Crippen molar-refractivity contribution in [1.82, 2.24) is 0 Å².